The fraction of sp³-hybridized carbons (Fsp3) is 0.167. The number of nitrogens with zero attached hydrogens (tertiary/aromatic N) is 4. The molecule has 0 spiro atoms. The van der Waals surface area contributed by atoms with Gasteiger partial charge in [-0.3, -0.25) is 4.40 Å². The lowest BCUT2D eigenvalue weighted by atomic mass is 10.2. The first kappa shape index (κ1) is 17.4. The van der Waals surface area contributed by atoms with Crippen LogP contribution < -0.4 is 9.47 Å². The zero-order valence-corrected chi connectivity index (χ0v) is 15.0. The first-order valence-electron chi connectivity index (χ1n) is 7.92. The van der Waals surface area contributed by atoms with E-state index in [1.807, 2.05) is 18.2 Å². The standard InChI is InChI=1S/C18H13ClF2N4O2/c1-9-16-24-23-15-13(7-10(27-18(20)21)8-14(15)26-2)25(16)17(22-9)11-5-3-4-6-12(11)19/h3-8,18H,1-2H3. The molecule has 0 unspecified atom stereocenters. The number of imidazole rings is 1. The van der Waals surface area contributed by atoms with Gasteiger partial charge in [-0.2, -0.15) is 8.78 Å². The molecular formula is C18H13ClF2N4O2. The van der Waals surface area contributed by atoms with Crippen molar-refractivity contribution in [3.63, 3.8) is 0 Å². The Hall–Kier alpha value is -3.00. The first-order valence-corrected chi connectivity index (χ1v) is 8.30. The number of aryl methyl sites for hydroxylation is 1. The third kappa shape index (κ3) is 2.91. The van der Waals surface area contributed by atoms with Gasteiger partial charge in [0.25, 0.3) is 0 Å². The number of hydrogen-bond donors (Lipinski definition) is 0. The van der Waals surface area contributed by atoms with Crippen molar-refractivity contribution < 1.29 is 18.3 Å². The third-order valence-electron chi connectivity index (χ3n) is 4.09. The van der Waals surface area contributed by atoms with Gasteiger partial charge in [0.15, 0.2) is 16.9 Å². The summed E-state index contributed by atoms with van der Waals surface area (Å²) >= 11 is 6.34. The Bertz CT molecular complexity index is 1160. The van der Waals surface area contributed by atoms with Crippen molar-refractivity contribution in [2.45, 2.75) is 13.5 Å². The van der Waals surface area contributed by atoms with Crippen LogP contribution in [0.15, 0.2) is 36.4 Å². The second kappa shape index (κ2) is 6.62. The summed E-state index contributed by atoms with van der Waals surface area (Å²) in [5.74, 6) is 0.721. The van der Waals surface area contributed by atoms with E-state index in [4.69, 9.17) is 16.3 Å². The van der Waals surface area contributed by atoms with Crippen molar-refractivity contribution in [2.75, 3.05) is 7.11 Å². The van der Waals surface area contributed by atoms with Crippen molar-refractivity contribution in [3.8, 4) is 22.9 Å². The van der Waals surface area contributed by atoms with Crippen LogP contribution in [-0.2, 0) is 0 Å². The summed E-state index contributed by atoms with van der Waals surface area (Å²) in [7, 11) is 1.42. The van der Waals surface area contributed by atoms with Crippen LogP contribution in [0.25, 0.3) is 28.1 Å². The molecular weight excluding hydrogens is 378 g/mol. The predicted molar refractivity (Wildman–Crippen MR) is 96.7 cm³/mol. The summed E-state index contributed by atoms with van der Waals surface area (Å²) in [5.41, 5.74) is 2.63. The zero-order valence-electron chi connectivity index (χ0n) is 14.3. The first-order chi connectivity index (χ1) is 13.0. The van der Waals surface area contributed by atoms with Gasteiger partial charge in [0.05, 0.1) is 23.3 Å². The second-order valence-electron chi connectivity index (χ2n) is 5.73. The van der Waals surface area contributed by atoms with E-state index in [-0.39, 0.29) is 11.5 Å². The highest BCUT2D eigenvalue weighted by molar-refractivity contribution is 6.33. The van der Waals surface area contributed by atoms with E-state index >= 15 is 0 Å². The highest BCUT2D eigenvalue weighted by Crippen LogP contribution is 2.34. The average Bonchev–Trinajstić information content (AvgIpc) is 2.98. The molecule has 27 heavy (non-hydrogen) atoms. The van der Waals surface area contributed by atoms with Crippen molar-refractivity contribution in [1.82, 2.24) is 19.6 Å². The minimum atomic E-state index is -2.97. The lowest BCUT2D eigenvalue weighted by Gasteiger charge is -2.12. The molecule has 0 saturated carbocycles. The van der Waals surface area contributed by atoms with Gasteiger partial charge in [0.2, 0.25) is 0 Å². The van der Waals surface area contributed by atoms with E-state index in [0.29, 0.717) is 38.8 Å². The minimum absolute atomic E-state index is 0.0555. The molecule has 9 heteroatoms. The normalized spacial score (nSPS) is 11.5. The van der Waals surface area contributed by atoms with Gasteiger partial charge in [-0.1, -0.05) is 23.7 Å². The number of fused-ring (bicyclic) bond motifs is 3. The van der Waals surface area contributed by atoms with Crippen LogP contribution in [-0.4, -0.2) is 33.3 Å². The Morgan fingerprint density at radius 1 is 1.15 bits per heavy atom. The second-order valence-corrected chi connectivity index (χ2v) is 6.14. The number of aromatic nitrogens is 4. The van der Waals surface area contributed by atoms with E-state index in [1.54, 1.807) is 17.4 Å². The maximum Gasteiger partial charge on any atom is 0.387 e. The third-order valence-corrected chi connectivity index (χ3v) is 4.42. The molecule has 4 aromatic rings. The Labute approximate surface area is 157 Å². The molecule has 0 bridgehead atoms. The molecule has 0 aliphatic heterocycles. The number of ether oxygens (including phenoxy) is 2. The average molecular weight is 391 g/mol. The van der Waals surface area contributed by atoms with E-state index in [2.05, 4.69) is 19.9 Å². The summed E-state index contributed by atoms with van der Waals surface area (Å²) in [4.78, 5) is 4.56. The van der Waals surface area contributed by atoms with Crippen LogP contribution in [0.2, 0.25) is 5.02 Å². The molecule has 2 aromatic heterocycles. The minimum Gasteiger partial charge on any atom is -0.494 e. The number of alkyl halides is 2. The molecule has 4 rings (SSSR count). The molecule has 138 valence electrons. The van der Waals surface area contributed by atoms with Crippen LogP contribution in [0.4, 0.5) is 8.78 Å². The molecule has 0 fully saturated rings. The van der Waals surface area contributed by atoms with E-state index < -0.39 is 6.61 Å². The highest BCUT2D eigenvalue weighted by atomic mass is 35.5. The van der Waals surface area contributed by atoms with Gasteiger partial charge >= 0.3 is 6.61 Å². The van der Waals surface area contributed by atoms with Crippen LogP contribution in [0.3, 0.4) is 0 Å². The molecule has 0 aliphatic carbocycles. The van der Waals surface area contributed by atoms with Gasteiger partial charge in [0, 0.05) is 17.7 Å². The molecule has 0 N–H and O–H groups in total. The highest BCUT2D eigenvalue weighted by Gasteiger charge is 2.20. The monoisotopic (exact) mass is 390 g/mol. The Morgan fingerprint density at radius 3 is 2.63 bits per heavy atom. The summed E-state index contributed by atoms with van der Waals surface area (Å²) in [6, 6.07) is 10.0. The summed E-state index contributed by atoms with van der Waals surface area (Å²) in [6.45, 7) is -1.18. The maximum absolute atomic E-state index is 12.7. The van der Waals surface area contributed by atoms with Crippen LogP contribution in [0, 0.1) is 6.92 Å². The van der Waals surface area contributed by atoms with Gasteiger partial charge in [-0.25, -0.2) is 4.98 Å². The molecule has 6 nitrogen and oxygen atoms in total. The summed E-state index contributed by atoms with van der Waals surface area (Å²) < 4.78 is 37.1. The fourth-order valence-electron chi connectivity index (χ4n) is 2.95. The maximum atomic E-state index is 12.7. The number of methoxy groups -OCH3 is 1. The van der Waals surface area contributed by atoms with Gasteiger partial charge in [-0.05, 0) is 19.1 Å². The van der Waals surface area contributed by atoms with E-state index in [9.17, 15) is 8.78 Å². The SMILES string of the molecule is COc1cc(OC(F)F)cc2c1nnc1c(C)nc(-c3ccccc3Cl)n12. The quantitative estimate of drug-likeness (QED) is 0.513. The Kier molecular flexibility index (Phi) is 4.27. The molecule has 2 aromatic carbocycles. The number of hydrogen-bond acceptors (Lipinski definition) is 5. The predicted octanol–water partition coefficient (Wildman–Crippen LogP) is 4.52. The number of halogens is 3. The molecule has 2 heterocycles. The molecule has 0 saturated heterocycles. The van der Waals surface area contributed by atoms with Crippen LogP contribution >= 0.6 is 11.6 Å². The molecule has 0 atom stereocenters. The Morgan fingerprint density at radius 2 is 1.93 bits per heavy atom. The molecule has 0 aliphatic rings. The summed E-state index contributed by atoms with van der Waals surface area (Å²) in [5, 5.41) is 8.90. The largest absolute Gasteiger partial charge is 0.494 e. The van der Waals surface area contributed by atoms with Crippen molar-refractivity contribution in [1.29, 1.82) is 0 Å². The van der Waals surface area contributed by atoms with Gasteiger partial charge < -0.3 is 9.47 Å². The summed E-state index contributed by atoms with van der Waals surface area (Å²) in [6.07, 6.45) is 0. The lowest BCUT2D eigenvalue weighted by Crippen LogP contribution is -2.04. The van der Waals surface area contributed by atoms with E-state index in [1.165, 1.54) is 19.2 Å². The smallest absolute Gasteiger partial charge is 0.387 e. The van der Waals surface area contributed by atoms with Gasteiger partial charge in [0.1, 0.15) is 11.6 Å². The van der Waals surface area contributed by atoms with Crippen LogP contribution in [0.5, 0.6) is 11.5 Å². The van der Waals surface area contributed by atoms with E-state index in [0.717, 1.165) is 0 Å². The molecule has 0 amide bonds. The van der Waals surface area contributed by atoms with Crippen molar-refractivity contribution >= 4 is 28.3 Å². The number of rotatable bonds is 4. The zero-order chi connectivity index (χ0) is 19.1. The van der Waals surface area contributed by atoms with Gasteiger partial charge in [-0.15, -0.1) is 10.2 Å². The number of benzene rings is 2. The van der Waals surface area contributed by atoms with Crippen LogP contribution in [0.1, 0.15) is 5.69 Å². The molecule has 0 radical (unpaired) electrons. The lowest BCUT2D eigenvalue weighted by molar-refractivity contribution is -0.0498. The fourth-order valence-corrected chi connectivity index (χ4v) is 3.17. The Balaban J connectivity index is 2.12. The van der Waals surface area contributed by atoms with Crippen molar-refractivity contribution in [3.05, 3.63) is 47.1 Å². The topological polar surface area (TPSA) is 61.5 Å². The van der Waals surface area contributed by atoms with Crippen molar-refractivity contribution in [2.24, 2.45) is 0 Å².